The number of hydrogen-bond acceptors (Lipinski definition) is 6. The highest BCUT2D eigenvalue weighted by Crippen LogP contribution is 2.22. The summed E-state index contributed by atoms with van der Waals surface area (Å²) in [5, 5.41) is 11.7. The van der Waals surface area contributed by atoms with Gasteiger partial charge in [0, 0.05) is 11.4 Å². The number of aromatic amines is 1. The summed E-state index contributed by atoms with van der Waals surface area (Å²) in [6.45, 7) is 1.85. The highest BCUT2D eigenvalue weighted by atomic mass is 32.2. The molecule has 0 spiro atoms. The van der Waals surface area contributed by atoms with E-state index in [1.807, 2.05) is 0 Å². The Hall–Kier alpha value is -2.03. The maximum Gasteiger partial charge on any atom is 0.407 e. The number of rotatable bonds is 4. The minimum atomic E-state index is -1.16. The third kappa shape index (κ3) is 3.05. The van der Waals surface area contributed by atoms with Crippen LogP contribution in [0, 0.1) is 6.92 Å². The van der Waals surface area contributed by atoms with E-state index in [1.165, 1.54) is 6.92 Å². The molecule has 1 saturated heterocycles. The standard InChI is InChI=1S/C10H11N3O5S/c1-4-6(8(14)15)7(13-9(16)12-4)19-3-5-2-11-10(17)18-5/h5H,2-3H2,1H3,(H,11,17)(H,14,15)(H,12,13,16). The van der Waals surface area contributed by atoms with Gasteiger partial charge in [0.05, 0.1) is 6.54 Å². The number of nitrogens with zero attached hydrogens (tertiary/aromatic N) is 1. The number of ether oxygens (including phenoxy) is 1. The fraction of sp³-hybridized carbons (Fsp3) is 0.400. The van der Waals surface area contributed by atoms with Gasteiger partial charge in [-0.15, -0.1) is 11.8 Å². The van der Waals surface area contributed by atoms with E-state index in [0.29, 0.717) is 12.3 Å². The largest absolute Gasteiger partial charge is 0.478 e. The van der Waals surface area contributed by atoms with Crippen LogP contribution in [0.25, 0.3) is 0 Å². The van der Waals surface area contributed by atoms with Crippen LogP contribution in [0.15, 0.2) is 9.82 Å². The first kappa shape index (κ1) is 13.4. The number of cyclic esters (lactones) is 1. The minimum absolute atomic E-state index is 0.0399. The van der Waals surface area contributed by atoms with E-state index in [-0.39, 0.29) is 22.4 Å². The molecule has 1 fully saturated rings. The van der Waals surface area contributed by atoms with Crippen LogP contribution in [0.2, 0.25) is 0 Å². The monoisotopic (exact) mass is 285 g/mol. The molecule has 19 heavy (non-hydrogen) atoms. The lowest BCUT2D eigenvalue weighted by molar-refractivity contribution is 0.0690. The van der Waals surface area contributed by atoms with Gasteiger partial charge in [-0.3, -0.25) is 0 Å². The first-order chi connectivity index (χ1) is 8.97. The Morgan fingerprint density at radius 3 is 2.89 bits per heavy atom. The molecule has 0 saturated carbocycles. The SMILES string of the molecule is Cc1[nH]c(=O)nc(SCC2CNC(=O)O2)c1C(=O)O. The predicted octanol–water partition coefficient (Wildman–Crippen LogP) is -0.0230. The van der Waals surface area contributed by atoms with E-state index in [2.05, 4.69) is 15.3 Å². The second-order valence-corrected chi connectivity index (χ2v) is 4.88. The van der Waals surface area contributed by atoms with E-state index >= 15 is 0 Å². The van der Waals surface area contributed by atoms with Crippen molar-refractivity contribution in [2.24, 2.45) is 0 Å². The van der Waals surface area contributed by atoms with Crippen molar-refractivity contribution >= 4 is 23.8 Å². The lowest BCUT2D eigenvalue weighted by Gasteiger charge is -2.09. The summed E-state index contributed by atoms with van der Waals surface area (Å²) in [4.78, 5) is 39.2. The molecular weight excluding hydrogens is 274 g/mol. The highest BCUT2D eigenvalue weighted by Gasteiger charge is 2.24. The lowest BCUT2D eigenvalue weighted by Crippen LogP contribution is -2.20. The molecule has 8 nitrogen and oxygen atoms in total. The quantitative estimate of drug-likeness (QED) is 0.525. The number of thioether (sulfide) groups is 1. The van der Waals surface area contributed by atoms with Crippen LogP contribution in [-0.2, 0) is 4.74 Å². The summed E-state index contributed by atoms with van der Waals surface area (Å²) in [5.41, 5.74) is -0.398. The Balaban J connectivity index is 2.17. The molecule has 0 aliphatic carbocycles. The number of carbonyl (C=O) groups is 2. The number of alkyl carbamates (subject to hydrolysis) is 1. The van der Waals surface area contributed by atoms with Crippen LogP contribution in [0.3, 0.4) is 0 Å². The molecule has 1 aromatic rings. The average Bonchev–Trinajstić information content (AvgIpc) is 2.71. The van der Waals surface area contributed by atoms with Crippen molar-refractivity contribution in [2.45, 2.75) is 18.1 Å². The second kappa shape index (κ2) is 5.31. The summed E-state index contributed by atoms with van der Waals surface area (Å²) in [6, 6.07) is 0. The summed E-state index contributed by atoms with van der Waals surface area (Å²) in [5.74, 6) is -0.833. The Labute approximate surface area is 111 Å². The molecule has 3 N–H and O–H groups in total. The predicted molar refractivity (Wildman–Crippen MR) is 65.5 cm³/mol. The average molecular weight is 285 g/mol. The molecule has 1 aliphatic rings. The number of carbonyl (C=O) groups excluding carboxylic acids is 1. The zero-order valence-corrected chi connectivity index (χ0v) is 10.7. The molecule has 1 amide bonds. The van der Waals surface area contributed by atoms with Gasteiger partial charge < -0.3 is 20.1 Å². The molecule has 102 valence electrons. The first-order valence-electron chi connectivity index (χ1n) is 5.39. The Morgan fingerprint density at radius 2 is 2.32 bits per heavy atom. The van der Waals surface area contributed by atoms with Gasteiger partial charge in [-0.2, -0.15) is 4.98 Å². The smallest absolute Gasteiger partial charge is 0.407 e. The molecule has 0 bridgehead atoms. The molecule has 9 heteroatoms. The number of amides is 1. The van der Waals surface area contributed by atoms with Crippen LogP contribution in [-0.4, -0.2) is 45.5 Å². The van der Waals surface area contributed by atoms with E-state index in [9.17, 15) is 14.4 Å². The van der Waals surface area contributed by atoms with Gasteiger partial charge in [-0.25, -0.2) is 14.4 Å². The Bertz CT molecular complexity index is 585. The molecule has 0 radical (unpaired) electrons. The zero-order chi connectivity index (χ0) is 14.0. The fourth-order valence-corrected chi connectivity index (χ4v) is 2.67. The highest BCUT2D eigenvalue weighted by molar-refractivity contribution is 7.99. The summed E-state index contributed by atoms with van der Waals surface area (Å²) in [6.07, 6.45) is -0.861. The van der Waals surface area contributed by atoms with E-state index in [1.54, 1.807) is 0 Å². The second-order valence-electron chi connectivity index (χ2n) is 3.87. The van der Waals surface area contributed by atoms with E-state index in [0.717, 1.165) is 11.8 Å². The number of hydrogen-bond donors (Lipinski definition) is 3. The number of aromatic carboxylic acids is 1. The maximum absolute atomic E-state index is 11.3. The van der Waals surface area contributed by atoms with Crippen molar-refractivity contribution in [3.63, 3.8) is 0 Å². The first-order valence-corrected chi connectivity index (χ1v) is 6.37. The topological polar surface area (TPSA) is 121 Å². The van der Waals surface area contributed by atoms with Gasteiger partial charge in [0.25, 0.3) is 0 Å². The summed E-state index contributed by atoms with van der Waals surface area (Å²) in [7, 11) is 0. The molecule has 1 aromatic heterocycles. The number of nitrogens with one attached hydrogen (secondary N) is 2. The van der Waals surface area contributed by atoms with Crippen LogP contribution in [0.4, 0.5) is 4.79 Å². The molecule has 2 heterocycles. The van der Waals surface area contributed by atoms with Crippen molar-refractivity contribution in [1.82, 2.24) is 15.3 Å². The van der Waals surface area contributed by atoms with Gasteiger partial charge in [-0.1, -0.05) is 0 Å². The van der Waals surface area contributed by atoms with E-state index < -0.39 is 17.8 Å². The molecule has 0 aromatic carbocycles. The lowest BCUT2D eigenvalue weighted by atomic mass is 10.2. The van der Waals surface area contributed by atoms with Crippen molar-refractivity contribution in [1.29, 1.82) is 0 Å². The van der Waals surface area contributed by atoms with Crippen LogP contribution >= 0.6 is 11.8 Å². The molecule has 1 aliphatic heterocycles. The molecule has 2 rings (SSSR count). The number of carboxylic acids is 1. The molecular formula is C10H11N3O5S. The van der Waals surface area contributed by atoms with Gasteiger partial charge in [0.1, 0.15) is 16.7 Å². The number of H-pyrrole nitrogens is 1. The van der Waals surface area contributed by atoms with Crippen molar-refractivity contribution in [3.8, 4) is 0 Å². The van der Waals surface area contributed by atoms with Crippen LogP contribution in [0.1, 0.15) is 16.1 Å². The normalized spacial score (nSPS) is 17.9. The van der Waals surface area contributed by atoms with Gasteiger partial charge >= 0.3 is 17.8 Å². The molecule has 1 atom stereocenters. The van der Waals surface area contributed by atoms with Crippen LogP contribution < -0.4 is 11.0 Å². The zero-order valence-electron chi connectivity index (χ0n) is 9.93. The van der Waals surface area contributed by atoms with E-state index in [4.69, 9.17) is 9.84 Å². The van der Waals surface area contributed by atoms with Crippen LogP contribution in [0.5, 0.6) is 0 Å². The maximum atomic E-state index is 11.3. The van der Waals surface area contributed by atoms with Gasteiger partial charge in [0.15, 0.2) is 0 Å². The third-order valence-electron chi connectivity index (χ3n) is 2.45. The van der Waals surface area contributed by atoms with Gasteiger partial charge in [0.2, 0.25) is 0 Å². The number of carboxylic acid groups (broad SMARTS) is 1. The summed E-state index contributed by atoms with van der Waals surface area (Å²) < 4.78 is 4.91. The summed E-state index contributed by atoms with van der Waals surface area (Å²) >= 11 is 1.07. The minimum Gasteiger partial charge on any atom is -0.478 e. The number of aryl methyl sites for hydroxylation is 1. The van der Waals surface area contributed by atoms with Crippen molar-refractivity contribution < 1.29 is 19.4 Å². The Kier molecular flexibility index (Phi) is 3.74. The fourth-order valence-electron chi connectivity index (χ4n) is 1.61. The van der Waals surface area contributed by atoms with Gasteiger partial charge in [-0.05, 0) is 6.92 Å². The van der Waals surface area contributed by atoms with Crippen molar-refractivity contribution in [3.05, 3.63) is 21.7 Å². The third-order valence-corrected chi connectivity index (χ3v) is 3.56. The van der Waals surface area contributed by atoms with Crippen molar-refractivity contribution in [2.75, 3.05) is 12.3 Å². The molecule has 1 unspecified atom stereocenters. The number of aromatic nitrogens is 2. The Morgan fingerprint density at radius 1 is 1.58 bits per heavy atom.